The molecule has 0 saturated carbocycles. The molecule has 2 heterocycles. The maximum atomic E-state index is 12.5. The van der Waals surface area contributed by atoms with Crippen molar-refractivity contribution in [2.75, 3.05) is 19.7 Å². The van der Waals surface area contributed by atoms with Crippen LogP contribution < -0.4 is 10.1 Å². The smallest absolute Gasteiger partial charge is 0.223 e. The topological polar surface area (TPSA) is 105 Å². The molecule has 8 heteroatoms. The molecule has 1 aromatic carbocycles. The molecule has 8 nitrogen and oxygen atoms in total. The van der Waals surface area contributed by atoms with E-state index in [1.165, 1.54) is 0 Å². The van der Waals surface area contributed by atoms with Gasteiger partial charge >= 0.3 is 0 Å². The standard InChI is InChI=1S/C22H28N4O4/c27-19-13-18(25-21(28)7-4-12-30-20-5-2-1-3-6-20)15-26(16-19)22(29)9-8-17-14-23-10-11-24-17/h1-3,5-6,10-11,14,18-19,27H,4,7-9,12-13,15-16H2,(H,25,28)/t18-,19+/m0/s1. The number of rotatable bonds is 9. The monoisotopic (exact) mass is 412 g/mol. The van der Waals surface area contributed by atoms with Crippen LogP contribution in [0.15, 0.2) is 48.9 Å². The molecule has 3 rings (SSSR count). The van der Waals surface area contributed by atoms with Crippen molar-refractivity contribution in [2.24, 2.45) is 0 Å². The molecule has 2 amide bonds. The predicted molar refractivity (Wildman–Crippen MR) is 111 cm³/mol. The molecule has 2 N–H and O–H groups in total. The summed E-state index contributed by atoms with van der Waals surface area (Å²) >= 11 is 0. The maximum absolute atomic E-state index is 12.5. The number of aryl methyl sites for hydroxylation is 1. The molecule has 0 unspecified atom stereocenters. The lowest BCUT2D eigenvalue weighted by molar-refractivity contribution is -0.136. The van der Waals surface area contributed by atoms with Gasteiger partial charge in [-0.3, -0.25) is 19.6 Å². The molecule has 2 atom stereocenters. The van der Waals surface area contributed by atoms with Gasteiger partial charge in [-0.2, -0.15) is 0 Å². The zero-order valence-electron chi connectivity index (χ0n) is 16.9. The van der Waals surface area contributed by atoms with Crippen LogP contribution in [0.1, 0.15) is 31.4 Å². The first-order valence-corrected chi connectivity index (χ1v) is 10.3. The van der Waals surface area contributed by atoms with Gasteiger partial charge in [0, 0.05) is 50.6 Å². The van der Waals surface area contributed by atoms with E-state index in [2.05, 4.69) is 15.3 Å². The van der Waals surface area contributed by atoms with E-state index in [1.54, 1.807) is 23.5 Å². The van der Waals surface area contributed by atoms with Crippen molar-refractivity contribution in [3.63, 3.8) is 0 Å². The quantitative estimate of drug-likeness (QED) is 0.603. The number of para-hydroxylation sites is 1. The van der Waals surface area contributed by atoms with Gasteiger partial charge in [0.25, 0.3) is 0 Å². The number of piperidine rings is 1. The van der Waals surface area contributed by atoms with Crippen molar-refractivity contribution < 1.29 is 19.4 Å². The second-order valence-corrected chi connectivity index (χ2v) is 7.41. The highest BCUT2D eigenvalue weighted by atomic mass is 16.5. The summed E-state index contributed by atoms with van der Waals surface area (Å²) in [5.74, 6) is 0.622. The number of nitrogens with zero attached hydrogens (tertiary/aromatic N) is 3. The van der Waals surface area contributed by atoms with Crippen molar-refractivity contribution in [3.8, 4) is 5.75 Å². The minimum absolute atomic E-state index is 0.0603. The highest BCUT2D eigenvalue weighted by molar-refractivity contribution is 5.78. The fourth-order valence-electron chi connectivity index (χ4n) is 3.47. The zero-order chi connectivity index (χ0) is 21.2. The number of β-amino-alcohol motifs (C(OH)–C–C–N with tert-alkyl or cyclic N) is 1. The molecule has 0 bridgehead atoms. The van der Waals surface area contributed by atoms with Gasteiger partial charge in [-0.1, -0.05) is 18.2 Å². The number of aromatic nitrogens is 2. The van der Waals surface area contributed by atoms with E-state index in [0.717, 1.165) is 11.4 Å². The number of carbonyl (C=O) groups excluding carboxylic acids is 2. The average Bonchev–Trinajstić information content (AvgIpc) is 2.76. The number of aliphatic hydroxyl groups excluding tert-OH is 1. The highest BCUT2D eigenvalue weighted by Gasteiger charge is 2.29. The molecular weight excluding hydrogens is 384 g/mol. The normalized spacial score (nSPS) is 18.6. The Hall–Kier alpha value is -3.00. The Morgan fingerprint density at radius 3 is 2.77 bits per heavy atom. The lowest BCUT2D eigenvalue weighted by Gasteiger charge is -2.36. The Bertz CT molecular complexity index is 803. The summed E-state index contributed by atoms with van der Waals surface area (Å²) in [5, 5.41) is 13.1. The summed E-state index contributed by atoms with van der Waals surface area (Å²) in [7, 11) is 0. The van der Waals surface area contributed by atoms with Crippen LogP contribution in [0.4, 0.5) is 0 Å². The molecule has 0 aliphatic carbocycles. The highest BCUT2D eigenvalue weighted by Crippen LogP contribution is 2.14. The maximum Gasteiger partial charge on any atom is 0.223 e. The first-order valence-electron chi connectivity index (χ1n) is 10.3. The van der Waals surface area contributed by atoms with E-state index in [9.17, 15) is 14.7 Å². The first-order chi connectivity index (χ1) is 14.6. The van der Waals surface area contributed by atoms with Crippen LogP contribution in [0.25, 0.3) is 0 Å². The lowest BCUT2D eigenvalue weighted by atomic mass is 10.0. The van der Waals surface area contributed by atoms with E-state index in [0.29, 0.717) is 45.3 Å². The molecule has 160 valence electrons. The van der Waals surface area contributed by atoms with Crippen molar-refractivity contribution >= 4 is 11.8 Å². The minimum atomic E-state index is -0.647. The van der Waals surface area contributed by atoms with Crippen molar-refractivity contribution in [1.82, 2.24) is 20.2 Å². The van der Waals surface area contributed by atoms with Crippen LogP contribution in [-0.4, -0.2) is 63.6 Å². The second kappa shape index (κ2) is 11.3. The molecule has 0 spiro atoms. The Morgan fingerprint density at radius 1 is 1.17 bits per heavy atom. The number of carbonyl (C=O) groups is 2. The number of amides is 2. The van der Waals surface area contributed by atoms with E-state index >= 15 is 0 Å². The summed E-state index contributed by atoms with van der Waals surface area (Å²) < 4.78 is 5.59. The number of hydrogen-bond acceptors (Lipinski definition) is 6. The van der Waals surface area contributed by atoms with Crippen LogP contribution in [0.5, 0.6) is 5.75 Å². The molecule has 30 heavy (non-hydrogen) atoms. The number of benzene rings is 1. The number of hydrogen-bond donors (Lipinski definition) is 2. The third kappa shape index (κ3) is 7.11. The van der Waals surface area contributed by atoms with Crippen molar-refractivity contribution in [1.29, 1.82) is 0 Å². The van der Waals surface area contributed by atoms with Crippen LogP contribution in [-0.2, 0) is 16.0 Å². The van der Waals surface area contributed by atoms with Gasteiger partial charge in [0.1, 0.15) is 5.75 Å². The van der Waals surface area contributed by atoms with E-state index in [-0.39, 0.29) is 24.4 Å². The Labute approximate surface area is 176 Å². The summed E-state index contributed by atoms with van der Waals surface area (Å²) in [5.41, 5.74) is 0.756. The Balaban J connectivity index is 1.38. The second-order valence-electron chi connectivity index (χ2n) is 7.41. The van der Waals surface area contributed by atoms with Gasteiger partial charge < -0.3 is 20.1 Å². The zero-order valence-corrected chi connectivity index (χ0v) is 16.9. The number of aliphatic hydroxyl groups is 1. The van der Waals surface area contributed by atoms with Crippen LogP contribution in [0.3, 0.4) is 0 Å². The Morgan fingerprint density at radius 2 is 2.00 bits per heavy atom. The van der Waals surface area contributed by atoms with Crippen molar-refractivity contribution in [2.45, 2.75) is 44.2 Å². The van der Waals surface area contributed by atoms with Crippen LogP contribution in [0, 0.1) is 0 Å². The lowest BCUT2D eigenvalue weighted by Crippen LogP contribution is -2.54. The minimum Gasteiger partial charge on any atom is -0.494 e. The molecule has 1 aliphatic heterocycles. The first kappa shape index (κ1) is 21.7. The summed E-state index contributed by atoms with van der Waals surface area (Å²) in [6.45, 7) is 1.15. The van der Waals surface area contributed by atoms with E-state index < -0.39 is 6.10 Å². The van der Waals surface area contributed by atoms with Gasteiger partial charge in [0.05, 0.1) is 18.4 Å². The number of likely N-dealkylation sites (tertiary alicyclic amines) is 1. The van der Waals surface area contributed by atoms with Crippen LogP contribution in [0.2, 0.25) is 0 Å². The van der Waals surface area contributed by atoms with Crippen molar-refractivity contribution in [3.05, 3.63) is 54.6 Å². The number of nitrogens with one attached hydrogen (secondary N) is 1. The van der Waals surface area contributed by atoms with Gasteiger partial charge in [0.2, 0.25) is 11.8 Å². The van der Waals surface area contributed by atoms with Gasteiger partial charge in [-0.15, -0.1) is 0 Å². The van der Waals surface area contributed by atoms with Gasteiger partial charge in [-0.05, 0) is 31.4 Å². The summed E-state index contributed by atoms with van der Waals surface area (Å²) in [4.78, 5) is 34.6. The predicted octanol–water partition coefficient (Wildman–Crippen LogP) is 1.35. The van der Waals surface area contributed by atoms with Crippen LogP contribution >= 0.6 is 0 Å². The largest absolute Gasteiger partial charge is 0.494 e. The van der Waals surface area contributed by atoms with E-state index in [1.807, 2.05) is 30.3 Å². The third-order valence-electron chi connectivity index (χ3n) is 4.92. The molecule has 1 aliphatic rings. The fourth-order valence-corrected chi connectivity index (χ4v) is 3.47. The molecule has 0 radical (unpaired) electrons. The SMILES string of the molecule is O=C(CCCOc1ccccc1)N[C@H]1C[C@@H](O)CN(C(=O)CCc2cnccn2)C1. The number of ether oxygens (including phenoxy) is 1. The fraction of sp³-hybridized carbons (Fsp3) is 0.455. The molecule has 1 saturated heterocycles. The van der Waals surface area contributed by atoms with Gasteiger partial charge in [0.15, 0.2) is 0 Å². The molecule has 1 aromatic heterocycles. The van der Waals surface area contributed by atoms with Gasteiger partial charge in [-0.25, -0.2) is 0 Å². The van der Waals surface area contributed by atoms with E-state index in [4.69, 9.17) is 4.74 Å². The summed E-state index contributed by atoms with van der Waals surface area (Å²) in [6, 6.07) is 9.21. The molecule has 1 fully saturated rings. The molecule has 2 aromatic rings. The summed E-state index contributed by atoms with van der Waals surface area (Å²) in [6.07, 6.45) is 6.35. The average molecular weight is 412 g/mol. The molecular formula is C22H28N4O4. The third-order valence-corrected chi connectivity index (χ3v) is 4.92. The Kier molecular flexibility index (Phi) is 8.14.